The van der Waals surface area contributed by atoms with E-state index in [-0.39, 0.29) is 0 Å². The van der Waals surface area contributed by atoms with Crippen LogP contribution >= 0.6 is 0 Å². The number of pyridine rings is 1. The zero-order valence-electron chi connectivity index (χ0n) is 10.6. The van der Waals surface area contributed by atoms with Crippen molar-refractivity contribution in [2.24, 2.45) is 0 Å². The van der Waals surface area contributed by atoms with E-state index in [1.807, 2.05) is 32.3 Å². The average molecular weight is 235 g/mol. The van der Waals surface area contributed by atoms with Crippen molar-refractivity contribution in [2.75, 3.05) is 31.6 Å². The van der Waals surface area contributed by atoms with Crippen LogP contribution in [0.2, 0.25) is 0 Å². The highest BCUT2D eigenvalue weighted by molar-refractivity contribution is 5.52. The number of hydrogen-bond donors (Lipinski definition) is 1. The fraction of sp³-hybridized carbons (Fsp3) is 0.615. The fourth-order valence-electron chi connectivity index (χ4n) is 2.29. The molecule has 2 rings (SSSR count). The zero-order chi connectivity index (χ0) is 12.1. The largest absolute Gasteiger partial charge is 0.490 e. The van der Waals surface area contributed by atoms with Crippen LogP contribution in [0.5, 0.6) is 5.75 Å². The third-order valence-electron chi connectivity index (χ3n) is 3.18. The highest BCUT2D eigenvalue weighted by atomic mass is 16.5. The van der Waals surface area contributed by atoms with E-state index in [1.165, 1.54) is 12.8 Å². The van der Waals surface area contributed by atoms with Crippen molar-refractivity contribution >= 4 is 5.82 Å². The lowest BCUT2D eigenvalue weighted by atomic mass is 10.1. The van der Waals surface area contributed by atoms with Crippen molar-refractivity contribution in [3.05, 3.63) is 18.3 Å². The molecule has 0 aromatic carbocycles. The predicted octanol–water partition coefficient (Wildman–Crippen LogP) is 1.67. The van der Waals surface area contributed by atoms with Crippen LogP contribution in [0.4, 0.5) is 5.82 Å². The lowest BCUT2D eigenvalue weighted by Crippen LogP contribution is -2.44. The van der Waals surface area contributed by atoms with Crippen LogP contribution in [0.3, 0.4) is 0 Å². The molecular weight excluding hydrogens is 214 g/mol. The minimum Gasteiger partial charge on any atom is -0.490 e. The molecule has 0 bridgehead atoms. The van der Waals surface area contributed by atoms with E-state index in [9.17, 15) is 0 Å². The summed E-state index contributed by atoms with van der Waals surface area (Å²) in [7, 11) is 2.02. The number of hydrogen-bond acceptors (Lipinski definition) is 4. The van der Waals surface area contributed by atoms with Gasteiger partial charge in [-0.3, -0.25) is 0 Å². The molecular formula is C13H21N3O. The Hall–Kier alpha value is -1.29. The summed E-state index contributed by atoms with van der Waals surface area (Å²) in [6, 6.07) is 4.48. The number of piperidine rings is 1. The molecule has 0 amide bonds. The van der Waals surface area contributed by atoms with Gasteiger partial charge in [-0.25, -0.2) is 4.98 Å². The second-order valence-corrected chi connectivity index (χ2v) is 4.33. The van der Waals surface area contributed by atoms with Crippen molar-refractivity contribution in [3.8, 4) is 5.75 Å². The first-order chi connectivity index (χ1) is 8.35. The van der Waals surface area contributed by atoms with Crippen molar-refractivity contribution in [1.29, 1.82) is 0 Å². The third kappa shape index (κ3) is 2.88. The molecule has 0 saturated carbocycles. The van der Waals surface area contributed by atoms with Crippen molar-refractivity contribution in [3.63, 3.8) is 0 Å². The summed E-state index contributed by atoms with van der Waals surface area (Å²) in [5.74, 6) is 1.88. The highest BCUT2D eigenvalue weighted by Gasteiger charge is 2.21. The van der Waals surface area contributed by atoms with Gasteiger partial charge in [-0.2, -0.15) is 0 Å². The number of nitrogens with zero attached hydrogens (tertiary/aromatic N) is 2. The smallest absolute Gasteiger partial charge is 0.171 e. The maximum absolute atomic E-state index is 5.63. The first-order valence-electron chi connectivity index (χ1n) is 6.35. The van der Waals surface area contributed by atoms with Crippen molar-refractivity contribution in [1.82, 2.24) is 10.3 Å². The highest BCUT2D eigenvalue weighted by Crippen LogP contribution is 2.27. The summed E-state index contributed by atoms with van der Waals surface area (Å²) in [6.07, 6.45) is 4.28. The van der Waals surface area contributed by atoms with Gasteiger partial charge in [0.25, 0.3) is 0 Å². The Morgan fingerprint density at radius 3 is 3.24 bits per heavy atom. The summed E-state index contributed by atoms with van der Waals surface area (Å²) < 4.78 is 5.63. The molecule has 1 atom stereocenters. The molecule has 1 fully saturated rings. The molecule has 1 aliphatic rings. The lowest BCUT2D eigenvalue weighted by molar-refractivity contribution is 0.337. The molecule has 0 aliphatic carbocycles. The minimum absolute atomic E-state index is 0.556. The Balaban J connectivity index is 2.15. The lowest BCUT2D eigenvalue weighted by Gasteiger charge is -2.34. The summed E-state index contributed by atoms with van der Waals surface area (Å²) in [5.41, 5.74) is 0. The van der Waals surface area contributed by atoms with Gasteiger partial charge >= 0.3 is 0 Å². The summed E-state index contributed by atoms with van der Waals surface area (Å²) in [5, 5.41) is 3.34. The number of rotatable bonds is 4. The maximum Gasteiger partial charge on any atom is 0.171 e. The molecule has 1 aliphatic heterocycles. The van der Waals surface area contributed by atoms with Crippen molar-refractivity contribution in [2.45, 2.75) is 25.8 Å². The number of nitrogens with one attached hydrogen (secondary N) is 1. The van der Waals surface area contributed by atoms with Gasteiger partial charge in [-0.15, -0.1) is 0 Å². The van der Waals surface area contributed by atoms with E-state index in [4.69, 9.17) is 4.74 Å². The van der Waals surface area contributed by atoms with Gasteiger partial charge in [-0.1, -0.05) is 0 Å². The van der Waals surface area contributed by atoms with Gasteiger partial charge in [0.1, 0.15) is 0 Å². The fourth-order valence-corrected chi connectivity index (χ4v) is 2.29. The van der Waals surface area contributed by atoms with Crippen molar-refractivity contribution < 1.29 is 4.74 Å². The molecule has 0 spiro atoms. The van der Waals surface area contributed by atoms with Gasteiger partial charge in [-0.05, 0) is 38.9 Å². The number of anilines is 1. The van der Waals surface area contributed by atoms with Crippen LogP contribution in [0.25, 0.3) is 0 Å². The Labute approximate surface area is 103 Å². The molecule has 0 radical (unpaired) electrons. The molecule has 1 unspecified atom stereocenters. The standard InChI is InChI=1S/C13H21N3O/c1-3-17-12-7-4-8-15-13(12)16-9-5-6-11(10-16)14-2/h4,7-8,11,14H,3,5-6,9-10H2,1-2H3. The molecule has 94 valence electrons. The molecule has 1 aromatic rings. The van der Waals surface area contributed by atoms with Gasteiger partial charge in [0.15, 0.2) is 11.6 Å². The van der Waals surface area contributed by atoms with E-state index >= 15 is 0 Å². The quantitative estimate of drug-likeness (QED) is 0.861. The van der Waals surface area contributed by atoms with E-state index in [2.05, 4.69) is 15.2 Å². The van der Waals surface area contributed by atoms with Crippen LogP contribution in [0.1, 0.15) is 19.8 Å². The molecule has 1 saturated heterocycles. The van der Waals surface area contributed by atoms with E-state index in [1.54, 1.807) is 0 Å². The molecule has 4 nitrogen and oxygen atoms in total. The number of aromatic nitrogens is 1. The van der Waals surface area contributed by atoms with Crippen LogP contribution in [0, 0.1) is 0 Å². The molecule has 1 N–H and O–H groups in total. The van der Waals surface area contributed by atoms with E-state index in [0.717, 1.165) is 24.7 Å². The molecule has 4 heteroatoms. The van der Waals surface area contributed by atoms with Crippen LogP contribution in [0.15, 0.2) is 18.3 Å². The zero-order valence-corrected chi connectivity index (χ0v) is 10.6. The third-order valence-corrected chi connectivity index (χ3v) is 3.18. The Bertz CT molecular complexity index is 356. The molecule has 2 heterocycles. The Kier molecular flexibility index (Phi) is 4.20. The van der Waals surface area contributed by atoms with E-state index in [0.29, 0.717) is 12.6 Å². The van der Waals surface area contributed by atoms with Crippen LogP contribution in [-0.4, -0.2) is 37.8 Å². The first kappa shape index (κ1) is 12.2. The average Bonchev–Trinajstić information content (AvgIpc) is 2.40. The number of likely N-dealkylation sites (N-methyl/N-ethyl adjacent to an activating group) is 1. The first-order valence-corrected chi connectivity index (χ1v) is 6.35. The SMILES string of the molecule is CCOc1cccnc1N1CCCC(NC)C1. The van der Waals surface area contributed by atoms with Gasteiger partial charge in [0, 0.05) is 25.3 Å². The normalized spacial score (nSPS) is 20.4. The topological polar surface area (TPSA) is 37.4 Å². The second-order valence-electron chi connectivity index (χ2n) is 4.33. The van der Waals surface area contributed by atoms with Gasteiger partial charge in [0.05, 0.1) is 6.61 Å². The Morgan fingerprint density at radius 1 is 1.59 bits per heavy atom. The monoisotopic (exact) mass is 235 g/mol. The minimum atomic E-state index is 0.556. The van der Waals surface area contributed by atoms with E-state index < -0.39 is 0 Å². The Morgan fingerprint density at radius 2 is 2.47 bits per heavy atom. The van der Waals surface area contributed by atoms with Gasteiger partial charge in [0.2, 0.25) is 0 Å². The van der Waals surface area contributed by atoms with Crippen LogP contribution < -0.4 is 15.0 Å². The summed E-state index contributed by atoms with van der Waals surface area (Å²) in [4.78, 5) is 6.78. The van der Waals surface area contributed by atoms with Gasteiger partial charge < -0.3 is 15.0 Å². The molecule has 17 heavy (non-hydrogen) atoms. The summed E-state index contributed by atoms with van der Waals surface area (Å²) in [6.45, 7) is 4.76. The molecule has 1 aromatic heterocycles. The predicted molar refractivity (Wildman–Crippen MR) is 69.7 cm³/mol. The second kappa shape index (κ2) is 5.87. The number of ether oxygens (including phenoxy) is 1. The maximum atomic E-state index is 5.63. The summed E-state index contributed by atoms with van der Waals surface area (Å²) >= 11 is 0. The van der Waals surface area contributed by atoms with Crippen LogP contribution in [-0.2, 0) is 0 Å².